The Labute approximate surface area is 117 Å². The molecule has 1 saturated heterocycles. The molecule has 1 aromatic heterocycles. The zero-order valence-electron chi connectivity index (χ0n) is 11.4. The summed E-state index contributed by atoms with van der Waals surface area (Å²) in [5.74, 6) is 0.479. The molecule has 0 radical (unpaired) electrons. The number of pyridine rings is 1. The maximum absolute atomic E-state index is 6.00. The van der Waals surface area contributed by atoms with E-state index < -0.39 is 7.12 Å². The van der Waals surface area contributed by atoms with Gasteiger partial charge in [0.25, 0.3) is 0 Å². The molecule has 0 saturated carbocycles. The number of hydrogen-bond donors (Lipinski definition) is 1. The fourth-order valence-electron chi connectivity index (χ4n) is 1.82. The number of nitrogens with two attached hydrogens (primary N) is 1. The lowest BCUT2D eigenvalue weighted by molar-refractivity contribution is 0.00578. The number of rotatable bonds is 1. The second-order valence-corrected chi connectivity index (χ2v) is 6.47. The molecule has 6 heteroatoms. The van der Waals surface area contributed by atoms with Gasteiger partial charge in [-0.2, -0.15) is 0 Å². The maximum Gasteiger partial charge on any atom is 0.496 e. The fraction of sp³-hybridized carbons (Fsp3) is 0.583. The minimum absolute atomic E-state index is 0.349. The largest absolute Gasteiger partial charge is 0.496 e. The summed E-state index contributed by atoms with van der Waals surface area (Å²) in [6, 6.07) is 1.92. The Bertz CT molecular complexity index is 475. The number of anilines is 1. The quantitative estimate of drug-likeness (QED) is 0.806. The fourth-order valence-corrected chi connectivity index (χ4v) is 2.16. The Kier molecular flexibility index (Phi) is 3.24. The van der Waals surface area contributed by atoms with Crippen LogP contribution in [0.5, 0.6) is 0 Å². The van der Waals surface area contributed by atoms with Crippen molar-refractivity contribution in [3.8, 4) is 0 Å². The molecule has 1 fully saturated rings. The van der Waals surface area contributed by atoms with Crippen LogP contribution in [0.15, 0.2) is 10.5 Å². The highest BCUT2D eigenvalue weighted by Crippen LogP contribution is 2.36. The number of aryl methyl sites for hydroxylation is 1. The normalized spacial score (nSPS) is 21.3. The van der Waals surface area contributed by atoms with E-state index in [-0.39, 0.29) is 11.2 Å². The van der Waals surface area contributed by atoms with E-state index >= 15 is 0 Å². The first-order valence-electron chi connectivity index (χ1n) is 5.92. The first-order valence-corrected chi connectivity index (χ1v) is 6.71. The molecule has 0 bridgehead atoms. The van der Waals surface area contributed by atoms with E-state index in [2.05, 4.69) is 20.9 Å². The maximum atomic E-state index is 6.00. The van der Waals surface area contributed by atoms with E-state index in [1.165, 1.54) is 0 Å². The molecule has 2 rings (SSSR count). The Morgan fingerprint density at radius 3 is 2.22 bits per heavy atom. The van der Waals surface area contributed by atoms with Crippen LogP contribution in [0.2, 0.25) is 0 Å². The molecule has 1 aliphatic heterocycles. The molecule has 4 nitrogen and oxygen atoms in total. The Morgan fingerprint density at radius 1 is 1.22 bits per heavy atom. The molecule has 2 N–H and O–H groups in total. The minimum Gasteiger partial charge on any atom is -0.399 e. The highest BCUT2D eigenvalue weighted by atomic mass is 79.9. The van der Waals surface area contributed by atoms with E-state index in [1.807, 2.05) is 40.7 Å². The van der Waals surface area contributed by atoms with Crippen LogP contribution >= 0.6 is 15.9 Å². The van der Waals surface area contributed by atoms with E-state index in [9.17, 15) is 0 Å². The van der Waals surface area contributed by atoms with Crippen molar-refractivity contribution in [2.45, 2.75) is 45.8 Å². The van der Waals surface area contributed by atoms with Crippen molar-refractivity contribution in [2.24, 2.45) is 0 Å². The van der Waals surface area contributed by atoms with Gasteiger partial charge in [-0.15, -0.1) is 0 Å². The molecule has 0 amide bonds. The third-order valence-electron chi connectivity index (χ3n) is 3.74. The molecule has 2 heterocycles. The Hall–Kier alpha value is -0.585. The first-order chi connectivity index (χ1) is 8.14. The molecular weight excluding hydrogens is 295 g/mol. The SMILES string of the molecule is Cc1nc(N)c(Br)cc1B1OC(C)(C)C(C)(C)O1. The van der Waals surface area contributed by atoms with E-state index in [0.29, 0.717) is 5.82 Å². The molecule has 0 aromatic carbocycles. The van der Waals surface area contributed by atoms with Gasteiger partial charge in [-0.25, -0.2) is 4.98 Å². The molecule has 0 aliphatic carbocycles. The molecule has 0 unspecified atom stereocenters. The summed E-state index contributed by atoms with van der Waals surface area (Å²) in [6.07, 6.45) is 0. The smallest absolute Gasteiger partial charge is 0.399 e. The number of nitrogens with zero attached hydrogens (tertiary/aromatic N) is 1. The summed E-state index contributed by atoms with van der Waals surface area (Å²) in [6.45, 7) is 10.0. The second-order valence-electron chi connectivity index (χ2n) is 5.62. The van der Waals surface area contributed by atoms with Crippen LogP contribution in [0.25, 0.3) is 0 Å². The third-order valence-corrected chi connectivity index (χ3v) is 4.38. The summed E-state index contributed by atoms with van der Waals surface area (Å²) in [7, 11) is -0.403. The minimum atomic E-state index is -0.403. The topological polar surface area (TPSA) is 57.4 Å². The standard InChI is InChI=1S/C12H18BBrN2O2/c1-7-8(6-9(14)10(15)16-7)13-17-11(2,3)12(4,5)18-13/h6H,1-5H3,(H2,15,16). The predicted octanol–water partition coefficient (Wildman–Crippen LogP) is 2.03. The lowest BCUT2D eigenvalue weighted by atomic mass is 9.78. The second kappa shape index (κ2) is 4.22. The number of halogens is 1. The zero-order chi connectivity index (χ0) is 13.7. The van der Waals surface area contributed by atoms with Gasteiger partial charge >= 0.3 is 7.12 Å². The van der Waals surface area contributed by atoms with Crippen LogP contribution in [0.4, 0.5) is 5.82 Å². The van der Waals surface area contributed by atoms with E-state index in [4.69, 9.17) is 15.0 Å². The molecule has 18 heavy (non-hydrogen) atoms. The number of nitrogen functional groups attached to an aromatic ring is 1. The summed E-state index contributed by atoms with van der Waals surface area (Å²) in [5, 5.41) is 0. The zero-order valence-corrected chi connectivity index (χ0v) is 13.0. The van der Waals surface area contributed by atoms with Crippen molar-refractivity contribution in [3.63, 3.8) is 0 Å². The van der Waals surface area contributed by atoms with Crippen LogP contribution < -0.4 is 11.2 Å². The van der Waals surface area contributed by atoms with Gasteiger partial charge in [0.05, 0.1) is 15.7 Å². The first kappa shape index (κ1) is 13.8. The monoisotopic (exact) mass is 312 g/mol. The molecular formula is C12H18BBrN2O2. The van der Waals surface area contributed by atoms with Gasteiger partial charge in [-0.3, -0.25) is 0 Å². The van der Waals surface area contributed by atoms with E-state index in [1.54, 1.807) is 0 Å². The van der Waals surface area contributed by atoms with Gasteiger partial charge in [0, 0.05) is 11.2 Å². The summed E-state index contributed by atoms with van der Waals surface area (Å²) < 4.78 is 12.8. The van der Waals surface area contributed by atoms with Gasteiger partial charge < -0.3 is 15.0 Å². The highest BCUT2D eigenvalue weighted by Gasteiger charge is 2.52. The van der Waals surface area contributed by atoms with Gasteiger partial charge in [0.1, 0.15) is 5.82 Å². The summed E-state index contributed by atoms with van der Waals surface area (Å²) in [5.41, 5.74) is 6.80. The molecule has 0 atom stereocenters. The highest BCUT2D eigenvalue weighted by molar-refractivity contribution is 9.10. The van der Waals surface area contributed by atoms with Crippen molar-refractivity contribution in [1.82, 2.24) is 4.98 Å². The van der Waals surface area contributed by atoms with Crippen LogP contribution in [-0.4, -0.2) is 23.3 Å². The predicted molar refractivity (Wildman–Crippen MR) is 76.8 cm³/mol. The van der Waals surface area contributed by atoms with Crippen LogP contribution in [0.3, 0.4) is 0 Å². The van der Waals surface area contributed by atoms with Crippen molar-refractivity contribution in [1.29, 1.82) is 0 Å². The molecule has 98 valence electrons. The van der Waals surface area contributed by atoms with Crippen LogP contribution in [0, 0.1) is 6.92 Å². The molecule has 0 spiro atoms. The Balaban J connectivity index is 2.38. The van der Waals surface area contributed by atoms with Crippen molar-refractivity contribution in [2.75, 3.05) is 5.73 Å². The lowest BCUT2D eigenvalue weighted by Gasteiger charge is -2.32. The van der Waals surface area contributed by atoms with Gasteiger partial charge in [-0.1, -0.05) is 0 Å². The van der Waals surface area contributed by atoms with Gasteiger partial charge in [-0.05, 0) is 56.6 Å². The van der Waals surface area contributed by atoms with Crippen molar-refractivity contribution < 1.29 is 9.31 Å². The number of aromatic nitrogens is 1. The lowest BCUT2D eigenvalue weighted by Crippen LogP contribution is -2.41. The van der Waals surface area contributed by atoms with E-state index in [0.717, 1.165) is 15.6 Å². The van der Waals surface area contributed by atoms with Gasteiger partial charge in [0.15, 0.2) is 0 Å². The average molecular weight is 313 g/mol. The van der Waals surface area contributed by atoms with Crippen LogP contribution in [0.1, 0.15) is 33.4 Å². The van der Waals surface area contributed by atoms with Crippen molar-refractivity contribution >= 4 is 34.3 Å². The Morgan fingerprint density at radius 2 is 1.72 bits per heavy atom. The summed E-state index contributed by atoms with van der Waals surface area (Å²) in [4.78, 5) is 4.28. The number of hydrogen-bond acceptors (Lipinski definition) is 4. The molecule has 1 aliphatic rings. The van der Waals surface area contributed by atoms with Crippen LogP contribution in [-0.2, 0) is 9.31 Å². The summed E-state index contributed by atoms with van der Waals surface area (Å²) >= 11 is 3.39. The molecule has 1 aromatic rings. The average Bonchev–Trinajstić information content (AvgIpc) is 2.42. The van der Waals surface area contributed by atoms with Gasteiger partial charge in [0.2, 0.25) is 0 Å². The third kappa shape index (κ3) is 2.17. The van der Waals surface area contributed by atoms with Crippen molar-refractivity contribution in [3.05, 3.63) is 16.2 Å².